The van der Waals surface area contributed by atoms with Crippen molar-refractivity contribution in [2.45, 2.75) is 26.3 Å². The fourth-order valence-electron chi connectivity index (χ4n) is 3.66. The summed E-state index contributed by atoms with van der Waals surface area (Å²) in [5.41, 5.74) is 4.46. The van der Waals surface area contributed by atoms with Gasteiger partial charge in [-0.3, -0.25) is 9.20 Å². The van der Waals surface area contributed by atoms with Crippen molar-refractivity contribution in [1.82, 2.24) is 14.7 Å². The minimum atomic E-state index is -4.72. The largest absolute Gasteiger partial charge is 0.573 e. The normalized spacial score (nSPS) is 11.4. The number of halogens is 3. The highest BCUT2D eigenvalue weighted by Gasteiger charge is 2.31. The molecule has 0 saturated carbocycles. The lowest BCUT2D eigenvalue weighted by Gasteiger charge is -2.20. The van der Waals surface area contributed by atoms with E-state index in [2.05, 4.69) is 15.0 Å². The molecular formula is C25H23F3N4O2. The van der Waals surface area contributed by atoms with Gasteiger partial charge in [-0.15, -0.1) is 13.2 Å². The summed E-state index contributed by atoms with van der Waals surface area (Å²) < 4.78 is 42.7. The van der Waals surface area contributed by atoms with Crippen molar-refractivity contribution < 1.29 is 22.7 Å². The van der Waals surface area contributed by atoms with Crippen LogP contribution in [-0.4, -0.2) is 28.7 Å². The third-order valence-electron chi connectivity index (χ3n) is 5.39. The van der Waals surface area contributed by atoms with Crippen LogP contribution in [-0.2, 0) is 13.0 Å². The third kappa shape index (κ3) is 5.14. The SMILES string of the molecule is CCc1nc2ccccn2c1C(=O)NCc1ccc(N(C)c2ccc(OC(F)(F)F)cc2)cc1. The third-order valence-corrected chi connectivity index (χ3v) is 5.39. The monoisotopic (exact) mass is 468 g/mol. The standard InChI is InChI=1S/C25H23F3N4O2/c1-3-21-23(32-15-5-4-6-22(32)30-21)24(33)29-16-17-7-9-18(10-8-17)31(2)19-11-13-20(14-12-19)34-25(26,27)28/h4-15H,3,16H2,1-2H3,(H,29,33). The Morgan fingerprint density at radius 1 is 1.03 bits per heavy atom. The number of hydrogen-bond acceptors (Lipinski definition) is 4. The highest BCUT2D eigenvalue weighted by molar-refractivity contribution is 5.94. The average Bonchev–Trinajstić information content (AvgIpc) is 3.21. The summed E-state index contributed by atoms with van der Waals surface area (Å²) in [5, 5.41) is 2.95. The molecule has 4 rings (SSSR count). The molecule has 0 aliphatic carbocycles. The number of ether oxygens (including phenoxy) is 1. The van der Waals surface area contributed by atoms with Gasteiger partial charge < -0.3 is 15.0 Å². The van der Waals surface area contributed by atoms with Gasteiger partial charge in [0.2, 0.25) is 0 Å². The lowest BCUT2D eigenvalue weighted by atomic mass is 10.1. The Bertz CT molecular complexity index is 1280. The number of anilines is 2. The number of benzene rings is 2. The molecule has 176 valence electrons. The molecule has 0 aliphatic heterocycles. The summed E-state index contributed by atoms with van der Waals surface area (Å²) in [7, 11) is 1.81. The lowest BCUT2D eigenvalue weighted by molar-refractivity contribution is -0.274. The van der Waals surface area contributed by atoms with Gasteiger partial charge in [-0.25, -0.2) is 4.98 Å². The van der Waals surface area contributed by atoms with E-state index in [9.17, 15) is 18.0 Å². The zero-order valence-corrected chi connectivity index (χ0v) is 18.6. The first-order chi connectivity index (χ1) is 16.2. The maximum absolute atomic E-state index is 12.9. The number of nitrogens with one attached hydrogen (secondary N) is 1. The number of nitrogens with zero attached hydrogens (tertiary/aromatic N) is 3. The Balaban J connectivity index is 1.41. The molecule has 0 bridgehead atoms. The molecule has 1 amide bonds. The molecule has 2 aromatic carbocycles. The second kappa shape index (κ2) is 9.46. The van der Waals surface area contributed by atoms with E-state index in [-0.39, 0.29) is 11.7 Å². The van der Waals surface area contributed by atoms with E-state index in [0.717, 1.165) is 22.6 Å². The van der Waals surface area contributed by atoms with Gasteiger partial charge in [-0.05, 0) is 60.5 Å². The molecule has 2 heterocycles. The zero-order chi connectivity index (χ0) is 24.3. The van der Waals surface area contributed by atoms with E-state index in [1.165, 1.54) is 12.1 Å². The van der Waals surface area contributed by atoms with Crippen molar-refractivity contribution in [2.24, 2.45) is 0 Å². The molecule has 0 fully saturated rings. The van der Waals surface area contributed by atoms with Gasteiger partial charge in [0.1, 0.15) is 17.1 Å². The van der Waals surface area contributed by atoms with Crippen LogP contribution in [0.3, 0.4) is 0 Å². The molecule has 0 saturated heterocycles. The van der Waals surface area contributed by atoms with Crippen molar-refractivity contribution >= 4 is 22.9 Å². The Hall–Kier alpha value is -4.01. The first-order valence-electron chi connectivity index (χ1n) is 10.7. The molecule has 9 heteroatoms. The molecule has 4 aromatic rings. The number of aryl methyl sites for hydroxylation is 1. The summed E-state index contributed by atoms with van der Waals surface area (Å²) in [4.78, 5) is 19.2. The first kappa shape index (κ1) is 23.2. The Labute approximate surface area is 194 Å². The number of fused-ring (bicyclic) bond motifs is 1. The van der Waals surface area contributed by atoms with Crippen LogP contribution >= 0.6 is 0 Å². The highest BCUT2D eigenvalue weighted by Crippen LogP contribution is 2.28. The number of imidazole rings is 1. The Kier molecular flexibility index (Phi) is 6.45. The van der Waals surface area contributed by atoms with E-state index < -0.39 is 6.36 Å². The van der Waals surface area contributed by atoms with Gasteiger partial charge in [-0.2, -0.15) is 0 Å². The van der Waals surface area contributed by atoms with Gasteiger partial charge in [0.15, 0.2) is 0 Å². The van der Waals surface area contributed by atoms with Gasteiger partial charge in [0.05, 0.1) is 5.69 Å². The molecule has 34 heavy (non-hydrogen) atoms. The quantitative estimate of drug-likeness (QED) is 0.390. The van der Waals surface area contributed by atoms with E-state index in [4.69, 9.17) is 0 Å². The summed E-state index contributed by atoms with van der Waals surface area (Å²) >= 11 is 0. The van der Waals surface area contributed by atoms with Crippen molar-refractivity contribution in [1.29, 1.82) is 0 Å². The number of carbonyl (C=O) groups excluding carboxylic acids is 1. The number of rotatable bonds is 7. The molecule has 0 unspecified atom stereocenters. The maximum Gasteiger partial charge on any atom is 0.573 e. The summed E-state index contributed by atoms with van der Waals surface area (Å²) in [6, 6.07) is 18.8. The molecule has 0 atom stereocenters. The molecule has 0 aliphatic rings. The molecular weight excluding hydrogens is 445 g/mol. The minimum absolute atomic E-state index is 0.196. The first-order valence-corrected chi connectivity index (χ1v) is 10.7. The number of carbonyl (C=O) groups is 1. The smallest absolute Gasteiger partial charge is 0.406 e. The van der Waals surface area contributed by atoms with E-state index in [0.29, 0.717) is 24.3 Å². The summed E-state index contributed by atoms with van der Waals surface area (Å²) in [6.07, 6.45) is -2.25. The van der Waals surface area contributed by atoms with E-state index >= 15 is 0 Å². The van der Waals surface area contributed by atoms with Crippen LogP contribution in [0.1, 0.15) is 28.7 Å². The number of pyridine rings is 1. The molecule has 6 nitrogen and oxygen atoms in total. The maximum atomic E-state index is 12.9. The zero-order valence-electron chi connectivity index (χ0n) is 18.6. The second-order valence-corrected chi connectivity index (χ2v) is 7.64. The number of aromatic nitrogens is 2. The number of alkyl halides is 3. The second-order valence-electron chi connectivity index (χ2n) is 7.64. The van der Waals surface area contributed by atoms with Gasteiger partial charge in [0, 0.05) is 31.2 Å². The van der Waals surface area contributed by atoms with E-state index in [1.54, 1.807) is 16.5 Å². The fraction of sp³-hybridized carbons (Fsp3) is 0.200. The fourth-order valence-corrected chi connectivity index (χ4v) is 3.66. The molecule has 0 radical (unpaired) electrons. The summed E-state index contributed by atoms with van der Waals surface area (Å²) in [6.45, 7) is 2.31. The molecule has 1 N–H and O–H groups in total. The molecule has 2 aromatic heterocycles. The Morgan fingerprint density at radius 3 is 2.29 bits per heavy atom. The predicted molar refractivity (Wildman–Crippen MR) is 123 cm³/mol. The van der Waals surface area contributed by atoms with Gasteiger partial charge in [-0.1, -0.05) is 25.1 Å². The molecule has 0 spiro atoms. The van der Waals surface area contributed by atoms with Crippen molar-refractivity contribution in [3.05, 3.63) is 89.9 Å². The van der Waals surface area contributed by atoms with Crippen molar-refractivity contribution in [3.63, 3.8) is 0 Å². The van der Waals surface area contributed by atoms with Crippen molar-refractivity contribution in [2.75, 3.05) is 11.9 Å². The predicted octanol–water partition coefficient (Wildman–Crippen LogP) is 5.49. The topological polar surface area (TPSA) is 58.9 Å². The van der Waals surface area contributed by atoms with Crippen LogP contribution in [0.5, 0.6) is 5.75 Å². The number of hydrogen-bond donors (Lipinski definition) is 1. The van der Waals surface area contributed by atoms with Gasteiger partial charge in [0.25, 0.3) is 5.91 Å². The van der Waals surface area contributed by atoms with Crippen LogP contribution in [0.25, 0.3) is 5.65 Å². The van der Waals surface area contributed by atoms with Crippen LogP contribution in [0.15, 0.2) is 72.9 Å². The van der Waals surface area contributed by atoms with Gasteiger partial charge >= 0.3 is 6.36 Å². The number of amides is 1. The lowest BCUT2D eigenvalue weighted by Crippen LogP contribution is -2.25. The van der Waals surface area contributed by atoms with E-state index in [1.807, 2.05) is 67.5 Å². The van der Waals surface area contributed by atoms with Crippen LogP contribution in [0, 0.1) is 0 Å². The summed E-state index contributed by atoms with van der Waals surface area (Å²) in [5.74, 6) is -0.467. The average molecular weight is 468 g/mol. The minimum Gasteiger partial charge on any atom is -0.406 e. The van der Waals surface area contributed by atoms with Crippen molar-refractivity contribution in [3.8, 4) is 5.75 Å². The Morgan fingerprint density at radius 2 is 1.68 bits per heavy atom. The highest BCUT2D eigenvalue weighted by atomic mass is 19.4. The van der Waals surface area contributed by atoms with Crippen LogP contribution in [0.4, 0.5) is 24.5 Å². The van der Waals surface area contributed by atoms with Crippen LogP contribution in [0.2, 0.25) is 0 Å². The van der Waals surface area contributed by atoms with Crippen LogP contribution < -0.4 is 15.0 Å².